The topological polar surface area (TPSA) is 0 Å². The lowest BCUT2D eigenvalue weighted by Gasteiger charge is -2.16. The largest absolute Gasteiger partial charge is 0.135 e. The van der Waals surface area contributed by atoms with Gasteiger partial charge in [-0.3, -0.25) is 0 Å². The Hall–Kier alpha value is -5.76. The van der Waals surface area contributed by atoms with Crippen LogP contribution in [0.15, 0.2) is 170 Å². The van der Waals surface area contributed by atoms with Gasteiger partial charge in [-0.1, -0.05) is 146 Å². The Balaban J connectivity index is 1.25. The molecule has 0 aliphatic heterocycles. The van der Waals surface area contributed by atoms with Gasteiger partial charge in [0, 0.05) is 9.75 Å². The molecule has 0 atom stereocenters. The first kappa shape index (κ1) is 30.3. The molecule has 0 bridgehead atoms. The summed E-state index contributed by atoms with van der Waals surface area (Å²) in [6.07, 6.45) is 5.61. The Labute approximate surface area is 297 Å². The second-order valence-corrected chi connectivity index (χ2v) is 14.3. The third-order valence-corrected chi connectivity index (χ3v) is 11.4. The molecule has 0 nitrogen and oxygen atoms in total. The van der Waals surface area contributed by atoms with Crippen LogP contribution in [0.4, 0.5) is 0 Å². The lowest BCUT2D eigenvalue weighted by atomic mass is 9.88. The van der Waals surface area contributed by atoms with E-state index in [1.54, 1.807) is 0 Å². The molecule has 50 heavy (non-hydrogen) atoms. The van der Waals surface area contributed by atoms with E-state index in [0.29, 0.717) is 0 Å². The van der Waals surface area contributed by atoms with Crippen LogP contribution >= 0.6 is 11.3 Å². The fourth-order valence-electron chi connectivity index (χ4n) is 7.69. The molecule has 9 aromatic rings. The van der Waals surface area contributed by atoms with Gasteiger partial charge < -0.3 is 0 Å². The molecule has 1 heteroatoms. The number of thiophene rings is 1. The van der Waals surface area contributed by atoms with Crippen LogP contribution in [-0.4, -0.2) is 0 Å². The maximum Gasteiger partial charge on any atom is 0.0355 e. The summed E-state index contributed by atoms with van der Waals surface area (Å²) in [7, 11) is 0. The highest BCUT2D eigenvalue weighted by Crippen LogP contribution is 2.43. The summed E-state index contributed by atoms with van der Waals surface area (Å²) in [5.41, 5.74) is 7.77. The molecule has 0 unspecified atom stereocenters. The zero-order chi connectivity index (χ0) is 33.6. The fourth-order valence-corrected chi connectivity index (χ4v) is 8.78. The summed E-state index contributed by atoms with van der Waals surface area (Å²) in [5.74, 6) is 0. The minimum absolute atomic E-state index is 0.930. The van der Waals surface area contributed by atoms with Gasteiger partial charge in [-0.25, -0.2) is 0 Å². The van der Waals surface area contributed by atoms with Crippen LogP contribution in [0.3, 0.4) is 0 Å². The zero-order valence-corrected chi connectivity index (χ0v) is 29.1. The van der Waals surface area contributed by atoms with E-state index in [1.165, 1.54) is 97.0 Å². The maximum absolute atomic E-state index is 2.47. The van der Waals surface area contributed by atoms with Crippen LogP contribution in [0, 0.1) is 0 Å². The van der Waals surface area contributed by atoms with Gasteiger partial charge in [0.25, 0.3) is 0 Å². The van der Waals surface area contributed by atoms with E-state index in [1.807, 2.05) is 11.3 Å². The molecule has 0 N–H and O–H groups in total. The molecule has 1 heterocycles. The third-order valence-electron chi connectivity index (χ3n) is 10.3. The van der Waals surface area contributed by atoms with Crippen molar-refractivity contribution in [2.24, 2.45) is 0 Å². The van der Waals surface area contributed by atoms with Crippen molar-refractivity contribution in [3.05, 3.63) is 181 Å². The Kier molecular flexibility index (Phi) is 7.64. The number of rotatable bonds is 6. The van der Waals surface area contributed by atoms with Crippen LogP contribution in [-0.2, 0) is 0 Å². The first-order chi connectivity index (χ1) is 24.7. The molecule has 0 fully saturated rings. The van der Waals surface area contributed by atoms with Crippen LogP contribution < -0.4 is 0 Å². The number of allylic oxidation sites excluding steroid dienone is 4. The smallest absolute Gasteiger partial charge is 0.0355 e. The predicted octanol–water partition coefficient (Wildman–Crippen LogP) is 14.7. The normalized spacial score (nSPS) is 12.5. The van der Waals surface area contributed by atoms with Gasteiger partial charge in [0.2, 0.25) is 0 Å². The minimum Gasteiger partial charge on any atom is -0.135 e. The molecule has 238 valence electrons. The number of hydrogen-bond acceptors (Lipinski definition) is 1. The van der Waals surface area contributed by atoms with E-state index in [2.05, 4.69) is 184 Å². The van der Waals surface area contributed by atoms with E-state index in [4.69, 9.17) is 0 Å². The Morgan fingerprint density at radius 3 is 1.70 bits per heavy atom. The highest BCUT2D eigenvalue weighted by atomic mass is 32.1. The van der Waals surface area contributed by atoms with Gasteiger partial charge in [-0.05, 0) is 131 Å². The molecule has 0 aliphatic carbocycles. The summed E-state index contributed by atoms with van der Waals surface area (Å²) in [4.78, 5) is 2.59. The van der Waals surface area contributed by atoms with Crippen molar-refractivity contribution in [2.45, 2.75) is 20.3 Å². The second kappa shape index (κ2) is 12.6. The van der Waals surface area contributed by atoms with Crippen molar-refractivity contribution in [1.82, 2.24) is 0 Å². The lowest BCUT2D eigenvalue weighted by molar-refractivity contribution is 1.25. The molecule has 0 radical (unpaired) electrons. The number of fused-ring (bicyclic) bond motifs is 6. The summed E-state index contributed by atoms with van der Waals surface area (Å²) in [6.45, 7) is 4.52. The molecule has 0 saturated heterocycles. The molecular formula is C49H36S. The van der Waals surface area contributed by atoms with Crippen LogP contribution in [0.2, 0.25) is 0 Å². The molecule has 0 aliphatic rings. The molecule has 0 spiro atoms. The standard InChI is InChI=1S/C49H36S/c1-3-33(26-25-32(2)38-21-10-17-34-13-6-8-19-39(34)38)44-31-47-41(45-29-36-15-4-5-16-37(36)30-46(44)45)22-12-24-43(47)49-28-27-48(50-49)42-23-11-18-35-14-7-9-20-40(35)42/h4-31H,3H2,1-2H3/b32-25+,33-26+. The average Bonchev–Trinajstić information content (AvgIpc) is 3.66. The highest BCUT2D eigenvalue weighted by Gasteiger charge is 2.16. The van der Waals surface area contributed by atoms with E-state index in [-0.39, 0.29) is 0 Å². The summed E-state index contributed by atoms with van der Waals surface area (Å²) in [6, 6.07) is 58.1. The summed E-state index contributed by atoms with van der Waals surface area (Å²) < 4.78 is 0. The van der Waals surface area contributed by atoms with Gasteiger partial charge in [-0.2, -0.15) is 0 Å². The first-order valence-corrected chi connectivity index (χ1v) is 18.3. The number of hydrogen-bond donors (Lipinski definition) is 0. The van der Waals surface area contributed by atoms with E-state index >= 15 is 0 Å². The van der Waals surface area contributed by atoms with Gasteiger partial charge in [0.05, 0.1) is 0 Å². The van der Waals surface area contributed by atoms with Gasteiger partial charge in [0.1, 0.15) is 0 Å². The van der Waals surface area contributed by atoms with Crippen molar-refractivity contribution in [3.8, 4) is 20.9 Å². The SMILES string of the molecule is CC/C(=C\C=C(/C)c1cccc2ccccc12)c1cc2c(-c3ccc(-c4cccc5ccccc45)s3)cccc2c2cc3ccccc3cc12. The Bertz CT molecular complexity index is 2800. The van der Waals surface area contributed by atoms with Crippen LogP contribution in [0.25, 0.3) is 85.9 Å². The van der Waals surface area contributed by atoms with E-state index in [0.717, 1.165) is 6.42 Å². The molecule has 0 amide bonds. The van der Waals surface area contributed by atoms with Crippen molar-refractivity contribution >= 4 is 76.3 Å². The third kappa shape index (κ3) is 5.23. The zero-order valence-electron chi connectivity index (χ0n) is 28.3. The van der Waals surface area contributed by atoms with Gasteiger partial charge in [-0.15, -0.1) is 11.3 Å². The predicted molar refractivity (Wildman–Crippen MR) is 221 cm³/mol. The molecule has 9 rings (SSSR count). The van der Waals surface area contributed by atoms with E-state index < -0.39 is 0 Å². The summed E-state index contributed by atoms with van der Waals surface area (Å²) >= 11 is 1.89. The molecule has 1 aromatic heterocycles. The average molecular weight is 657 g/mol. The van der Waals surface area contributed by atoms with Crippen LogP contribution in [0.1, 0.15) is 31.4 Å². The summed E-state index contributed by atoms with van der Waals surface area (Å²) in [5, 5.41) is 12.9. The van der Waals surface area contributed by atoms with Crippen molar-refractivity contribution in [2.75, 3.05) is 0 Å². The Morgan fingerprint density at radius 2 is 0.980 bits per heavy atom. The molecule has 0 saturated carbocycles. The monoisotopic (exact) mass is 656 g/mol. The van der Waals surface area contributed by atoms with Crippen molar-refractivity contribution in [1.29, 1.82) is 0 Å². The minimum atomic E-state index is 0.930. The lowest BCUT2D eigenvalue weighted by Crippen LogP contribution is -1.91. The van der Waals surface area contributed by atoms with Gasteiger partial charge in [0.15, 0.2) is 0 Å². The van der Waals surface area contributed by atoms with Crippen LogP contribution in [0.5, 0.6) is 0 Å². The highest BCUT2D eigenvalue weighted by molar-refractivity contribution is 7.19. The van der Waals surface area contributed by atoms with Crippen molar-refractivity contribution < 1.29 is 0 Å². The second-order valence-electron chi connectivity index (χ2n) is 13.2. The molecule has 8 aromatic carbocycles. The number of benzene rings is 8. The molecular weight excluding hydrogens is 621 g/mol. The van der Waals surface area contributed by atoms with Gasteiger partial charge >= 0.3 is 0 Å². The van der Waals surface area contributed by atoms with E-state index in [9.17, 15) is 0 Å². The first-order valence-electron chi connectivity index (χ1n) is 17.5. The Morgan fingerprint density at radius 1 is 0.440 bits per heavy atom. The fraction of sp³-hybridized carbons (Fsp3) is 0.0612. The van der Waals surface area contributed by atoms with Crippen molar-refractivity contribution in [3.63, 3.8) is 0 Å². The maximum atomic E-state index is 2.47. The quantitative estimate of drug-likeness (QED) is 0.0949.